The first kappa shape index (κ1) is 33.6. The van der Waals surface area contributed by atoms with E-state index in [0.717, 1.165) is 22.8 Å². The Morgan fingerprint density at radius 2 is 1.44 bits per heavy atom. The molecule has 0 bridgehead atoms. The largest absolute Gasteiger partial charge is 0.348 e. The van der Waals surface area contributed by atoms with Crippen LogP contribution in [0, 0.1) is 11.8 Å². The van der Waals surface area contributed by atoms with Gasteiger partial charge in [-0.05, 0) is 42.2 Å². The van der Waals surface area contributed by atoms with Gasteiger partial charge in [0.15, 0.2) is 9.84 Å². The molecule has 5 N–H and O–H groups in total. The highest BCUT2D eigenvalue weighted by Crippen LogP contribution is 2.12. The maximum Gasteiger partial charge on any atom is 0.272 e. The van der Waals surface area contributed by atoms with Crippen LogP contribution in [0.5, 0.6) is 0 Å². The monoisotopic (exact) mass is 586 g/mol. The molecule has 12 heteroatoms. The Labute approximate surface area is 242 Å². The van der Waals surface area contributed by atoms with Crippen molar-refractivity contribution in [1.29, 1.82) is 0 Å². The number of hydrogen-bond acceptors (Lipinski definition) is 8. The molecular formula is C29H42N6O5S. The molecule has 41 heavy (non-hydrogen) atoms. The zero-order chi connectivity index (χ0) is 30.6. The van der Waals surface area contributed by atoms with E-state index in [1.165, 1.54) is 24.7 Å². The number of benzene rings is 1. The number of carbonyl (C=O) groups excluding carboxylic acids is 3. The zero-order valence-corrected chi connectivity index (χ0v) is 25.1. The molecule has 0 aliphatic heterocycles. The number of nitrogens with one attached hydrogen (secondary N) is 3. The van der Waals surface area contributed by atoms with Gasteiger partial charge in [0.1, 0.15) is 17.8 Å². The molecule has 0 saturated carbocycles. The van der Waals surface area contributed by atoms with Gasteiger partial charge in [-0.1, -0.05) is 58.0 Å². The Hall–Kier alpha value is -3.64. The normalized spacial score (nSPS) is 14.0. The maximum absolute atomic E-state index is 13.5. The van der Waals surface area contributed by atoms with Crippen molar-refractivity contribution in [1.82, 2.24) is 25.9 Å². The van der Waals surface area contributed by atoms with Crippen LogP contribution >= 0.6 is 0 Å². The average Bonchev–Trinajstić information content (AvgIpc) is 2.90. The quantitative estimate of drug-likeness (QED) is 0.245. The summed E-state index contributed by atoms with van der Waals surface area (Å²) in [6.07, 6.45) is 7.64. The van der Waals surface area contributed by atoms with Crippen LogP contribution in [0.4, 0.5) is 0 Å². The van der Waals surface area contributed by atoms with Gasteiger partial charge in [-0.25, -0.2) is 13.4 Å². The van der Waals surface area contributed by atoms with Crippen molar-refractivity contribution in [2.24, 2.45) is 17.6 Å². The lowest BCUT2D eigenvalue weighted by Gasteiger charge is -2.26. The van der Waals surface area contributed by atoms with E-state index >= 15 is 0 Å². The molecule has 11 nitrogen and oxygen atoms in total. The molecule has 1 aromatic heterocycles. The van der Waals surface area contributed by atoms with Crippen molar-refractivity contribution in [3.05, 3.63) is 71.2 Å². The minimum Gasteiger partial charge on any atom is -0.348 e. The van der Waals surface area contributed by atoms with E-state index in [4.69, 9.17) is 5.73 Å². The fourth-order valence-electron chi connectivity index (χ4n) is 4.08. The number of rotatable bonds is 15. The van der Waals surface area contributed by atoms with Crippen LogP contribution < -0.4 is 21.7 Å². The van der Waals surface area contributed by atoms with E-state index in [0.29, 0.717) is 25.8 Å². The number of hydrogen-bond donors (Lipinski definition) is 4. The van der Waals surface area contributed by atoms with Crippen LogP contribution in [0.2, 0.25) is 0 Å². The second-order valence-corrected chi connectivity index (χ2v) is 12.9. The first-order valence-electron chi connectivity index (χ1n) is 13.6. The third kappa shape index (κ3) is 12.6. The molecule has 0 radical (unpaired) electrons. The summed E-state index contributed by atoms with van der Waals surface area (Å²) >= 11 is 0. The topological polar surface area (TPSA) is 173 Å². The van der Waals surface area contributed by atoms with Crippen molar-refractivity contribution in [2.45, 2.75) is 71.6 Å². The van der Waals surface area contributed by atoms with E-state index in [1.807, 2.05) is 52.0 Å². The summed E-state index contributed by atoms with van der Waals surface area (Å²) in [5, 5.41) is 9.47. The number of carbonyl (C=O) groups is 3. The lowest BCUT2D eigenvalue weighted by atomic mass is 9.99. The lowest BCUT2D eigenvalue weighted by Crippen LogP contribution is -2.55. The van der Waals surface area contributed by atoms with Crippen LogP contribution in [0.25, 0.3) is 0 Å². The summed E-state index contributed by atoms with van der Waals surface area (Å²) in [7, 11) is -3.44. The van der Waals surface area contributed by atoms with Crippen LogP contribution in [0.3, 0.4) is 0 Å². The highest BCUT2D eigenvalue weighted by Gasteiger charge is 2.29. The van der Waals surface area contributed by atoms with Crippen molar-refractivity contribution in [2.75, 3.05) is 6.26 Å². The van der Waals surface area contributed by atoms with Crippen LogP contribution in [0.15, 0.2) is 54.3 Å². The molecule has 1 heterocycles. The molecule has 3 atom stereocenters. The second kappa shape index (κ2) is 16.0. The standard InChI is InChI=1S/C29H42N6O5S/c1-19(2)14-24(34-28(37)25(15-20(3)4)35-29(38)26-18-31-11-12-32-26)27(36)33-23(10-13-41(5,39)40)16-21-6-8-22(17-30)9-7-21/h6-13,18-20,23-25H,14-17,30H2,1-5H3,(H,33,36)(H,34,37)(H,35,38)/b13-10+/t23-,24+,25+/m1/s1. The van der Waals surface area contributed by atoms with Crippen LogP contribution in [-0.2, 0) is 32.4 Å². The first-order chi connectivity index (χ1) is 19.3. The highest BCUT2D eigenvalue weighted by molar-refractivity contribution is 7.93. The fraction of sp³-hybridized carbons (Fsp3) is 0.483. The average molecular weight is 587 g/mol. The Kier molecular flexibility index (Phi) is 13.1. The minimum absolute atomic E-state index is 0.0533. The molecule has 3 amide bonds. The van der Waals surface area contributed by atoms with Gasteiger partial charge in [-0.3, -0.25) is 19.4 Å². The third-order valence-corrected chi connectivity index (χ3v) is 6.72. The van der Waals surface area contributed by atoms with E-state index < -0.39 is 45.7 Å². The van der Waals surface area contributed by atoms with Gasteiger partial charge in [0.05, 0.1) is 12.2 Å². The first-order valence-corrected chi connectivity index (χ1v) is 15.6. The number of nitrogens with two attached hydrogens (primary N) is 1. The molecule has 1 aromatic carbocycles. The van der Waals surface area contributed by atoms with Gasteiger partial charge in [0.25, 0.3) is 5.91 Å². The summed E-state index contributed by atoms with van der Waals surface area (Å²) in [6.45, 7) is 8.08. The second-order valence-electron chi connectivity index (χ2n) is 10.9. The number of aromatic nitrogens is 2. The lowest BCUT2D eigenvalue weighted by molar-refractivity contribution is -0.130. The Morgan fingerprint density at radius 1 is 0.878 bits per heavy atom. The predicted octanol–water partition coefficient (Wildman–Crippen LogP) is 1.90. The van der Waals surface area contributed by atoms with Gasteiger partial charge < -0.3 is 21.7 Å². The smallest absolute Gasteiger partial charge is 0.272 e. The molecule has 0 fully saturated rings. The van der Waals surface area contributed by atoms with Crippen LogP contribution in [0.1, 0.15) is 62.2 Å². The Morgan fingerprint density at radius 3 is 1.95 bits per heavy atom. The molecular weight excluding hydrogens is 544 g/mol. The molecule has 224 valence electrons. The van der Waals surface area contributed by atoms with Crippen molar-refractivity contribution >= 4 is 27.6 Å². The van der Waals surface area contributed by atoms with Crippen molar-refractivity contribution in [3.8, 4) is 0 Å². The summed E-state index contributed by atoms with van der Waals surface area (Å²) in [5.74, 6) is -1.39. The molecule has 0 spiro atoms. The van der Waals surface area contributed by atoms with E-state index in [2.05, 4.69) is 25.9 Å². The van der Waals surface area contributed by atoms with Crippen LogP contribution in [-0.4, -0.2) is 60.5 Å². The molecule has 2 rings (SSSR count). The molecule has 0 unspecified atom stereocenters. The van der Waals surface area contributed by atoms with Gasteiger partial charge in [-0.15, -0.1) is 0 Å². The molecule has 0 saturated heterocycles. The highest BCUT2D eigenvalue weighted by atomic mass is 32.2. The predicted molar refractivity (Wildman–Crippen MR) is 158 cm³/mol. The Balaban J connectivity index is 2.24. The van der Waals surface area contributed by atoms with Gasteiger partial charge in [-0.2, -0.15) is 0 Å². The van der Waals surface area contributed by atoms with Gasteiger partial charge in [0, 0.05) is 30.6 Å². The number of sulfone groups is 1. The molecule has 2 aromatic rings. The molecule has 0 aliphatic carbocycles. The molecule has 0 aliphatic rings. The van der Waals surface area contributed by atoms with Gasteiger partial charge >= 0.3 is 0 Å². The SMILES string of the molecule is CC(C)C[C@H](NC(=O)c1cnccn1)C(=O)N[C@@H](CC(C)C)C(=O)N[C@H](/C=C/S(C)(=O)=O)Cc1ccc(CN)cc1. The zero-order valence-electron chi connectivity index (χ0n) is 24.3. The number of amides is 3. The summed E-state index contributed by atoms with van der Waals surface area (Å²) < 4.78 is 23.6. The summed E-state index contributed by atoms with van der Waals surface area (Å²) in [6, 6.07) is 5.02. The van der Waals surface area contributed by atoms with Crippen molar-refractivity contribution in [3.63, 3.8) is 0 Å². The van der Waals surface area contributed by atoms with E-state index in [1.54, 1.807) is 0 Å². The van der Waals surface area contributed by atoms with Gasteiger partial charge in [0.2, 0.25) is 11.8 Å². The Bertz CT molecular complexity index is 1280. The summed E-state index contributed by atoms with van der Waals surface area (Å²) in [4.78, 5) is 47.5. The van der Waals surface area contributed by atoms with Crippen molar-refractivity contribution < 1.29 is 22.8 Å². The summed E-state index contributed by atoms with van der Waals surface area (Å²) in [5.41, 5.74) is 7.58. The maximum atomic E-state index is 13.5. The van der Waals surface area contributed by atoms with E-state index in [-0.39, 0.29) is 17.5 Å². The van der Waals surface area contributed by atoms with E-state index in [9.17, 15) is 22.8 Å². The number of nitrogens with zero attached hydrogens (tertiary/aromatic N) is 2. The minimum atomic E-state index is -3.44. The fourth-order valence-corrected chi connectivity index (χ4v) is 4.56. The third-order valence-electron chi connectivity index (χ3n) is 6.06.